The van der Waals surface area contributed by atoms with Gasteiger partial charge in [-0.1, -0.05) is 41.9 Å². The molecule has 0 aliphatic carbocycles. The number of nitrogens with zero attached hydrogens (tertiary/aromatic N) is 4. The first-order valence-corrected chi connectivity index (χ1v) is 27.4. The first kappa shape index (κ1) is 49.3. The molecule has 2 fully saturated rings. The quantitative estimate of drug-likeness (QED) is 0.0807. The first-order valence-electron chi connectivity index (χ1n) is 22.7. The number of likely N-dealkylation sites (tertiary alicyclic amines) is 1. The maximum absolute atomic E-state index is 16.9. The Morgan fingerprint density at radius 2 is 1.47 bits per heavy atom. The number of sulfone groups is 1. The monoisotopic (exact) mass is 1000 g/mol. The summed E-state index contributed by atoms with van der Waals surface area (Å²) < 4.78 is 91.1. The van der Waals surface area contributed by atoms with Gasteiger partial charge < -0.3 is 29.7 Å². The van der Waals surface area contributed by atoms with Crippen LogP contribution in [-0.4, -0.2) is 101 Å². The van der Waals surface area contributed by atoms with Gasteiger partial charge in [0.2, 0.25) is 0 Å². The van der Waals surface area contributed by atoms with Crippen LogP contribution in [0.3, 0.4) is 0 Å². The number of hydrogen-bond donors (Lipinski definition) is 3. The number of nitrogens with one attached hydrogen (secondary N) is 2. The van der Waals surface area contributed by atoms with E-state index in [9.17, 15) is 21.9 Å². The van der Waals surface area contributed by atoms with E-state index >= 15 is 8.78 Å². The van der Waals surface area contributed by atoms with E-state index in [0.29, 0.717) is 53.8 Å². The van der Waals surface area contributed by atoms with Gasteiger partial charge in [0, 0.05) is 109 Å². The molecule has 0 radical (unpaired) electrons. The van der Waals surface area contributed by atoms with Crippen LogP contribution >= 0.6 is 23.4 Å². The third-order valence-electron chi connectivity index (χ3n) is 13.0. The molecule has 1 atom stereocenters. The molecule has 6 aromatic rings. The summed E-state index contributed by atoms with van der Waals surface area (Å²) in [4.78, 5) is 7.52. The molecule has 2 saturated heterocycles. The average molecular weight is 1000 g/mol. The van der Waals surface area contributed by atoms with E-state index in [0.717, 1.165) is 67.8 Å². The third-order valence-corrected chi connectivity index (χ3v) is 17.0. The molecule has 11 nitrogen and oxygen atoms in total. The number of hydrogen-bond acceptors (Lipinski definition) is 10. The Morgan fingerprint density at radius 1 is 0.809 bits per heavy atom. The summed E-state index contributed by atoms with van der Waals surface area (Å²) in [7, 11) is -6.19. The van der Waals surface area contributed by atoms with Crippen LogP contribution in [0.2, 0.25) is 5.02 Å². The van der Waals surface area contributed by atoms with E-state index in [1.54, 1.807) is 78.8 Å². The van der Waals surface area contributed by atoms with Gasteiger partial charge in [0.05, 0.1) is 32.8 Å². The Hall–Kier alpha value is -5.10. The zero-order chi connectivity index (χ0) is 48.3. The molecule has 0 amide bonds. The van der Waals surface area contributed by atoms with Crippen LogP contribution < -0.4 is 19.8 Å². The minimum atomic E-state index is -3.94. The molecule has 360 valence electrons. The van der Waals surface area contributed by atoms with Crippen LogP contribution in [0.25, 0.3) is 22.4 Å². The molecule has 3 heterocycles. The Balaban J connectivity index is 0.925. The summed E-state index contributed by atoms with van der Waals surface area (Å²) in [5, 5.41) is 14.1. The molecular weight excluding hydrogens is 946 g/mol. The van der Waals surface area contributed by atoms with Gasteiger partial charge in [-0.25, -0.2) is 25.6 Å². The van der Waals surface area contributed by atoms with Crippen molar-refractivity contribution in [1.29, 1.82) is 0 Å². The number of aromatic nitrogens is 1. The molecule has 3 N–H and O–H groups in total. The van der Waals surface area contributed by atoms with Crippen molar-refractivity contribution in [3.8, 4) is 22.4 Å². The number of aryl methyl sites for hydroxylation is 1. The van der Waals surface area contributed by atoms with Gasteiger partial charge in [-0.15, -0.1) is 11.8 Å². The van der Waals surface area contributed by atoms with Crippen molar-refractivity contribution in [3.05, 3.63) is 137 Å². The maximum Gasteiger partial charge on any atom is 0.261 e. The maximum atomic E-state index is 16.9. The topological polar surface area (TPSA) is 127 Å². The van der Waals surface area contributed by atoms with Crippen molar-refractivity contribution < 1.29 is 30.7 Å². The Bertz CT molecular complexity index is 2960. The van der Waals surface area contributed by atoms with Crippen molar-refractivity contribution in [2.75, 3.05) is 77.7 Å². The van der Waals surface area contributed by atoms with Gasteiger partial charge in [-0.2, -0.15) is 0 Å². The molecule has 0 bridgehead atoms. The molecule has 1 aromatic heterocycles. The predicted molar refractivity (Wildman–Crippen MR) is 273 cm³/mol. The van der Waals surface area contributed by atoms with Crippen LogP contribution in [-0.2, 0) is 26.9 Å². The van der Waals surface area contributed by atoms with Gasteiger partial charge >= 0.3 is 0 Å². The number of rotatable bonds is 16. The standard InChI is InChI=1S/C51H57ClF2N6O5S3/c1-34-32-43(18-20-45(34)55-39(33-66-42-8-6-5-7-9-42)22-25-58-26-23-41(61)24-27-58)68(64,65)56-38-14-16-40(17-15-38)59-28-30-60(31-29-59)46-21-19-44(53)47(49(46)54)48-50(36-10-12-37(52)13-11-36)57(3)35(2)51(48)67(4,62)63/h5-21,32,39,41,55-56,61H,22-31,33H2,1-4H3/t39-/m1/s1. The predicted octanol–water partition coefficient (Wildman–Crippen LogP) is 9.86. The second-order valence-electron chi connectivity index (χ2n) is 17.7. The van der Waals surface area contributed by atoms with Crippen molar-refractivity contribution in [2.45, 2.75) is 59.9 Å². The number of piperazine rings is 1. The van der Waals surface area contributed by atoms with Crippen LogP contribution in [0, 0.1) is 25.5 Å². The summed E-state index contributed by atoms with van der Waals surface area (Å²) in [6, 6.07) is 31.9. The number of aliphatic hydroxyl groups excluding tert-OH is 1. The largest absolute Gasteiger partial charge is 0.393 e. The lowest BCUT2D eigenvalue weighted by molar-refractivity contribution is 0.0817. The average Bonchev–Trinajstić information content (AvgIpc) is 3.58. The number of thioether (sulfide) groups is 1. The number of benzene rings is 5. The minimum absolute atomic E-state index is 0.0366. The molecule has 5 aromatic carbocycles. The van der Waals surface area contributed by atoms with Crippen LogP contribution in [0.15, 0.2) is 124 Å². The SMILES string of the molecule is Cc1cc(S(=O)(=O)Nc2ccc(N3CCN(c4ccc(F)c(-c5c(S(C)(=O)=O)c(C)n(C)c5-c5ccc(Cl)cc5)c4F)CC3)cc2)ccc1N[C@H](CCN1CCC(O)CC1)CSc1ccccc1. The van der Waals surface area contributed by atoms with Crippen molar-refractivity contribution >= 4 is 66.0 Å². The number of anilines is 4. The first-order chi connectivity index (χ1) is 32.5. The van der Waals surface area contributed by atoms with E-state index in [4.69, 9.17) is 11.6 Å². The smallest absolute Gasteiger partial charge is 0.261 e. The fraction of sp³-hybridized carbons (Fsp3) is 0.333. The zero-order valence-corrected chi connectivity index (χ0v) is 41.8. The van der Waals surface area contributed by atoms with Gasteiger partial charge in [0.1, 0.15) is 5.82 Å². The lowest BCUT2D eigenvalue weighted by Crippen LogP contribution is -2.46. The highest BCUT2D eigenvalue weighted by Gasteiger charge is 2.33. The van der Waals surface area contributed by atoms with Gasteiger partial charge in [-0.3, -0.25) is 4.72 Å². The molecule has 2 aliphatic heterocycles. The Labute approximate surface area is 408 Å². The summed E-state index contributed by atoms with van der Waals surface area (Å²) >= 11 is 7.94. The second kappa shape index (κ2) is 20.9. The molecule has 2 aliphatic rings. The van der Waals surface area contributed by atoms with Crippen LogP contribution in [0.5, 0.6) is 0 Å². The number of piperidine rings is 1. The number of aliphatic hydroxyl groups is 1. The van der Waals surface area contributed by atoms with Crippen LogP contribution in [0.4, 0.5) is 31.5 Å². The lowest BCUT2D eigenvalue weighted by Gasteiger charge is -2.37. The Kier molecular flexibility index (Phi) is 15.1. The summed E-state index contributed by atoms with van der Waals surface area (Å²) in [5.41, 5.74) is 3.90. The van der Waals surface area contributed by atoms with E-state index in [-0.39, 0.29) is 33.2 Å². The molecule has 0 saturated carbocycles. The highest BCUT2D eigenvalue weighted by molar-refractivity contribution is 7.99. The van der Waals surface area contributed by atoms with Gasteiger partial charge in [0.15, 0.2) is 15.7 Å². The van der Waals surface area contributed by atoms with Gasteiger partial charge in [-0.05, 0) is 123 Å². The third kappa shape index (κ3) is 11.2. The van der Waals surface area contributed by atoms with E-state index in [1.165, 1.54) is 17.0 Å². The number of sulfonamides is 1. The summed E-state index contributed by atoms with van der Waals surface area (Å²) in [6.45, 7) is 7.92. The molecule has 68 heavy (non-hydrogen) atoms. The van der Waals surface area contributed by atoms with Crippen molar-refractivity contribution in [2.24, 2.45) is 7.05 Å². The van der Waals surface area contributed by atoms with E-state index in [1.807, 2.05) is 48.2 Å². The fourth-order valence-electron chi connectivity index (χ4n) is 9.16. The molecule has 8 rings (SSSR count). The molecule has 0 unspecified atom stereocenters. The molecule has 17 heteroatoms. The number of halogens is 3. The van der Waals surface area contributed by atoms with E-state index < -0.39 is 37.1 Å². The highest BCUT2D eigenvalue weighted by atomic mass is 35.5. The fourth-order valence-corrected chi connectivity index (χ4v) is 12.7. The minimum Gasteiger partial charge on any atom is -0.393 e. The van der Waals surface area contributed by atoms with Crippen molar-refractivity contribution in [1.82, 2.24) is 9.47 Å². The second-order valence-corrected chi connectivity index (χ2v) is 22.8. The lowest BCUT2D eigenvalue weighted by atomic mass is 9.99. The van der Waals surface area contributed by atoms with E-state index in [2.05, 4.69) is 32.0 Å². The van der Waals surface area contributed by atoms with Crippen LogP contribution in [0.1, 0.15) is 30.5 Å². The molecule has 0 spiro atoms. The zero-order valence-electron chi connectivity index (χ0n) is 38.6. The highest BCUT2D eigenvalue weighted by Crippen LogP contribution is 2.45. The molecular formula is C51H57ClF2N6O5S3. The summed E-state index contributed by atoms with van der Waals surface area (Å²) in [5.74, 6) is -0.899. The normalized spacial score (nSPS) is 15.7. The van der Waals surface area contributed by atoms with Crippen molar-refractivity contribution in [3.63, 3.8) is 0 Å². The summed E-state index contributed by atoms with van der Waals surface area (Å²) in [6.07, 6.45) is 3.29. The Morgan fingerprint density at radius 3 is 2.12 bits per heavy atom. The van der Waals surface area contributed by atoms with Gasteiger partial charge in [0.25, 0.3) is 10.0 Å².